The van der Waals surface area contributed by atoms with Crippen LogP contribution < -0.4 is 4.90 Å². The molecule has 5 nitrogen and oxygen atoms in total. The van der Waals surface area contributed by atoms with Gasteiger partial charge in [0.05, 0.1) is 0 Å². The minimum absolute atomic E-state index is 0.155. The first kappa shape index (κ1) is 17.4. The van der Waals surface area contributed by atoms with E-state index in [1.54, 1.807) is 12.4 Å². The molecule has 25 heavy (non-hydrogen) atoms. The van der Waals surface area contributed by atoms with Gasteiger partial charge in [0.15, 0.2) is 0 Å². The van der Waals surface area contributed by atoms with Crippen LogP contribution in [-0.2, 0) is 4.79 Å². The van der Waals surface area contributed by atoms with E-state index in [9.17, 15) is 4.79 Å². The number of aryl methyl sites for hydroxylation is 1. The quantitative estimate of drug-likeness (QED) is 0.858. The number of hydrogen-bond donors (Lipinski definition) is 0. The summed E-state index contributed by atoms with van der Waals surface area (Å²) in [5.41, 5.74) is 3.45. The third-order valence-electron chi connectivity index (χ3n) is 4.71. The molecule has 0 saturated carbocycles. The van der Waals surface area contributed by atoms with Crippen molar-refractivity contribution in [2.24, 2.45) is 0 Å². The Bertz CT molecular complexity index is 709. The molecular weight excluding hydrogens is 312 g/mol. The zero-order chi connectivity index (χ0) is 17.8. The van der Waals surface area contributed by atoms with Crippen molar-refractivity contribution in [2.75, 3.05) is 45.2 Å². The first-order valence-electron chi connectivity index (χ1n) is 8.73. The molecule has 1 aromatic carbocycles. The van der Waals surface area contributed by atoms with Gasteiger partial charge in [-0.1, -0.05) is 18.2 Å². The average Bonchev–Trinajstić information content (AvgIpc) is 2.62. The Morgan fingerprint density at radius 1 is 1.12 bits per heavy atom. The summed E-state index contributed by atoms with van der Waals surface area (Å²) in [6.07, 6.45) is 3.52. The van der Waals surface area contributed by atoms with E-state index in [1.165, 1.54) is 11.3 Å². The summed E-state index contributed by atoms with van der Waals surface area (Å²) >= 11 is 0. The number of pyridine rings is 1. The fraction of sp³-hybridized carbons (Fsp3) is 0.400. The molecule has 3 rings (SSSR count). The van der Waals surface area contributed by atoms with Gasteiger partial charge in [0.1, 0.15) is 6.04 Å². The molecule has 1 amide bonds. The highest BCUT2D eigenvalue weighted by Gasteiger charge is 2.30. The van der Waals surface area contributed by atoms with Crippen molar-refractivity contribution in [1.29, 1.82) is 0 Å². The van der Waals surface area contributed by atoms with Gasteiger partial charge < -0.3 is 9.80 Å². The van der Waals surface area contributed by atoms with Gasteiger partial charge in [0.25, 0.3) is 0 Å². The molecule has 1 unspecified atom stereocenters. The molecule has 1 saturated heterocycles. The molecule has 0 spiro atoms. The number of likely N-dealkylation sites (N-methyl/N-ethyl adjacent to an activating group) is 1. The van der Waals surface area contributed by atoms with E-state index in [1.807, 2.05) is 36.0 Å². The number of rotatable bonds is 4. The highest BCUT2D eigenvalue weighted by Crippen LogP contribution is 2.23. The Morgan fingerprint density at radius 3 is 2.48 bits per heavy atom. The van der Waals surface area contributed by atoms with Crippen molar-refractivity contribution < 1.29 is 4.79 Å². The predicted molar refractivity (Wildman–Crippen MR) is 101 cm³/mol. The van der Waals surface area contributed by atoms with Gasteiger partial charge in [-0.25, -0.2) is 0 Å². The van der Waals surface area contributed by atoms with Crippen LogP contribution in [0.4, 0.5) is 5.69 Å². The van der Waals surface area contributed by atoms with Crippen molar-refractivity contribution in [1.82, 2.24) is 14.8 Å². The van der Waals surface area contributed by atoms with E-state index in [-0.39, 0.29) is 11.9 Å². The highest BCUT2D eigenvalue weighted by atomic mass is 16.2. The van der Waals surface area contributed by atoms with Crippen molar-refractivity contribution in [3.63, 3.8) is 0 Å². The summed E-state index contributed by atoms with van der Waals surface area (Å²) in [6.45, 7) is 5.33. The van der Waals surface area contributed by atoms with Crippen LogP contribution in [0.2, 0.25) is 0 Å². The average molecular weight is 338 g/mol. The molecule has 1 atom stereocenters. The van der Waals surface area contributed by atoms with Gasteiger partial charge in [-0.2, -0.15) is 0 Å². The first-order chi connectivity index (χ1) is 12.1. The molecule has 0 N–H and O–H groups in total. The number of hydrogen-bond acceptors (Lipinski definition) is 4. The standard InChI is InChI=1S/C20H26N4O/c1-16-6-4-8-18(14-16)23-10-12-24(13-11-23)20(25)19(22(2)3)17-7-5-9-21-15-17/h4-9,14-15,19H,10-13H2,1-3H3. The summed E-state index contributed by atoms with van der Waals surface area (Å²) in [4.78, 5) is 23.5. The van der Waals surface area contributed by atoms with Crippen molar-refractivity contribution in [3.8, 4) is 0 Å². The van der Waals surface area contributed by atoms with Gasteiger partial charge in [-0.05, 0) is 50.3 Å². The second-order valence-electron chi connectivity index (χ2n) is 6.80. The fourth-order valence-corrected chi connectivity index (χ4v) is 3.38. The number of aromatic nitrogens is 1. The zero-order valence-electron chi connectivity index (χ0n) is 15.2. The molecule has 1 aliphatic rings. The van der Waals surface area contributed by atoms with E-state index in [0.29, 0.717) is 0 Å². The Balaban J connectivity index is 1.68. The fourth-order valence-electron chi connectivity index (χ4n) is 3.38. The Labute approximate surface area is 149 Å². The van der Waals surface area contributed by atoms with E-state index in [4.69, 9.17) is 0 Å². The van der Waals surface area contributed by atoms with Crippen LogP contribution in [0.1, 0.15) is 17.2 Å². The maximum Gasteiger partial charge on any atom is 0.244 e. The van der Waals surface area contributed by atoms with Crippen LogP contribution in [0.5, 0.6) is 0 Å². The van der Waals surface area contributed by atoms with Crippen LogP contribution in [0.3, 0.4) is 0 Å². The maximum absolute atomic E-state index is 13.1. The van der Waals surface area contributed by atoms with Crippen molar-refractivity contribution >= 4 is 11.6 Å². The topological polar surface area (TPSA) is 39.7 Å². The summed E-state index contributed by atoms with van der Waals surface area (Å²) in [6, 6.07) is 12.1. The maximum atomic E-state index is 13.1. The molecule has 0 radical (unpaired) electrons. The molecule has 1 fully saturated rings. The minimum Gasteiger partial charge on any atom is -0.368 e. The van der Waals surface area contributed by atoms with E-state index in [2.05, 4.69) is 41.1 Å². The Morgan fingerprint density at radius 2 is 1.88 bits per heavy atom. The number of benzene rings is 1. The molecule has 0 bridgehead atoms. The monoisotopic (exact) mass is 338 g/mol. The number of carbonyl (C=O) groups is 1. The Hall–Kier alpha value is -2.40. The number of carbonyl (C=O) groups excluding carboxylic acids is 1. The lowest BCUT2D eigenvalue weighted by molar-refractivity contribution is -0.136. The lowest BCUT2D eigenvalue weighted by Gasteiger charge is -2.38. The van der Waals surface area contributed by atoms with E-state index < -0.39 is 0 Å². The number of piperazine rings is 1. The van der Waals surface area contributed by atoms with Crippen molar-refractivity contribution in [3.05, 3.63) is 59.9 Å². The second kappa shape index (κ2) is 7.66. The van der Waals surface area contributed by atoms with Gasteiger partial charge >= 0.3 is 0 Å². The van der Waals surface area contributed by atoms with Gasteiger partial charge in [0, 0.05) is 44.3 Å². The molecule has 0 aliphatic carbocycles. The lowest BCUT2D eigenvalue weighted by atomic mass is 10.1. The molecule has 2 heterocycles. The smallest absolute Gasteiger partial charge is 0.244 e. The van der Waals surface area contributed by atoms with Crippen LogP contribution in [0.15, 0.2) is 48.8 Å². The van der Waals surface area contributed by atoms with Gasteiger partial charge in [0.2, 0.25) is 5.91 Å². The van der Waals surface area contributed by atoms with Gasteiger partial charge in [-0.3, -0.25) is 14.7 Å². The molecule has 2 aromatic rings. The minimum atomic E-state index is -0.279. The van der Waals surface area contributed by atoms with E-state index in [0.717, 1.165) is 31.7 Å². The third-order valence-corrected chi connectivity index (χ3v) is 4.71. The Kier molecular flexibility index (Phi) is 5.34. The molecular formula is C20H26N4O. The predicted octanol–water partition coefficient (Wildman–Crippen LogP) is 2.34. The lowest BCUT2D eigenvalue weighted by Crippen LogP contribution is -2.51. The van der Waals surface area contributed by atoms with E-state index >= 15 is 0 Å². The highest BCUT2D eigenvalue weighted by molar-refractivity contribution is 5.83. The summed E-state index contributed by atoms with van der Waals surface area (Å²) < 4.78 is 0. The summed E-state index contributed by atoms with van der Waals surface area (Å²) in [5.74, 6) is 0.155. The van der Waals surface area contributed by atoms with Gasteiger partial charge in [-0.15, -0.1) is 0 Å². The molecule has 132 valence electrons. The number of amides is 1. The van der Waals surface area contributed by atoms with Crippen molar-refractivity contribution in [2.45, 2.75) is 13.0 Å². The number of nitrogens with zero attached hydrogens (tertiary/aromatic N) is 4. The van der Waals surface area contributed by atoms with Crippen LogP contribution in [0.25, 0.3) is 0 Å². The molecule has 5 heteroatoms. The summed E-state index contributed by atoms with van der Waals surface area (Å²) in [7, 11) is 3.89. The second-order valence-corrected chi connectivity index (χ2v) is 6.80. The SMILES string of the molecule is Cc1cccc(N2CCN(C(=O)C(c3cccnc3)N(C)C)CC2)c1. The number of anilines is 1. The normalized spacial score (nSPS) is 16.2. The third kappa shape index (κ3) is 3.99. The zero-order valence-corrected chi connectivity index (χ0v) is 15.2. The molecule has 1 aliphatic heterocycles. The molecule has 1 aromatic heterocycles. The first-order valence-corrected chi connectivity index (χ1v) is 8.73. The van der Waals surface area contributed by atoms with Crippen LogP contribution in [-0.4, -0.2) is 61.0 Å². The van der Waals surface area contributed by atoms with Crippen LogP contribution in [0, 0.1) is 6.92 Å². The van der Waals surface area contributed by atoms with Crippen LogP contribution >= 0.6 is 0 Å². The largest absolute Gasteiger partial charge is 0.368 e. The summed E-state index contributed by atoms with van der Waals surface area (Å²) in [5, 5.41) is 0.